The van der Waals surface area contributed by atoms with E-state index in [4.69, 9.17) is 16.3 Å². The molecule has 1 saturated heterocycles. The molecular weight excluding hydrogens is 384 g/mol. The lowest BCUT2D eigenvalue weighted by Crippen LogP contribution is -2.54. The van der Waals surface area contributed by atoms with Gasteiger partial charge < -0.3 is 9.84 Å². The summed E-state index contributed by atoms with van der Waals surface area (Å²) in [7, 11) is 1.35. The van der Waals surface area contributed by atoms with E-state index in [-0.39, 0.29) is 22.1 Å². The molecule has 0 saturated carbocycles. The van der Waals surface area contributed by atoms with Crippen molar-refractivity contribution in [3.8, 4) is 11.5 Å². The fraction of sp³-hybridized carbons (Fsp3) is 0.150. The van der Waals surface area contributed by atoms with Gasteiger partial charge in [-0.25, -0.2) is 9.69 Å². The summed E-state index contributed by atoms with van der Waals surface area (Å²) in [4.78, 5) is 38.4. The van der Waals surface area contributed by atoms with Crippen LogP contribution in [-0.2, 0) is 9.59 Å². The minimum atomic E-state index is -0.822. The van der Waals surface area contributed by atoms with Gasteiger partial charge in [0.2, 0.25) is 0 Å². The maximum Gasteiger partial charge on any atom is 0.335 e. The first kappa shape index (κ1) is 19.4. The number of ether oxygens (including phenoxy) is 1. The van der Waals surface area contributed by atoms with Gasteiger partial charge in [-0.2, -0.15) is 0 Å². The lowest BCUT2D eigenvalue weighted by molar-refractivity contribution is -0.122. The number of imide groups is 2. The third-order valence-corrected chi connectivity index (χ3v) is 4.72. The summed E-state index contributed by atoms with van der Waals surface area (Å²) >= 11 is 5.96. The van der Waals surface area contributed by atoms with Gasteiger partial charge in [-0.1, -0.05) is 17.7 Å². The second-order valence-corrected chi connectivity index (χ2v) is 6.69. The highest BCUT2D eigenvalue weighted by Crippen LogP contribution is 2.36. The minimum Gasteiger partial charge on any atom is -0.503 e. The standard InChI is InChI=1S/C20H17ClN2O5/c1-10-4-5-13(6-11(10)2)23-19(26)14(18(25)22-20(23)27)7-12-8-15(21)17(24)16(9-12)28-3/h4-9,24H,1-3H3,(H,22,25,27). The third kappa shape index (κ3) is 3.44. The molecule has 0 aliphatic carbocycles. The van der Waals surface area contributed by atoms with E-state index in [0.29, 0.717) is 11.3 Å². The van der Waals surface area contributed by atoms with Crippen molar-refractivity contribution in [1.29, 1.82) is 0 Å². The van der Waals surface area contributed by atoms with Gasteiger partial charge in [0, 0.05) is 0 Å². The second-order valence-electron chi connectivity index (χ2n) is 6.28. The number of aryl methyl sites for hydroxylation is 2. The molecule has 144 valence electrons. The topological polar surface area (TPSA) is 95.9 Å². The van der Waals surface area contributed by atoms with Gasteiger partial charge in [-0.3, -0.25) is 14.9 Å². The van der Waals surface area contributed by atoms with Crippen molar-refractivity contribution in [2.75, 3.05) is 12.0 Å². The van der Waals surface area contributed by atoms with E-state index in [0.717, 1.165) is 16.0 Å². The normalized spacial score (nSPS) is 15.8. The van der Waals surface area contributed by atoms with Crippen LogP contribution in [0.2, 0.25) is 5.02 Å². The molecule has 0 bridgehead atoms. The molecule has 4 amide bonds. The van der Waals surface area contributed by atoms with Gasteiger partial charge in [-0.05, 0) is 60.9 Å². The minimum absolute atomic E-state index is 0.00282. The summed E-state index contributed by atoms with van der Waals surface area (Å²) in [5.74, 6) is -1.75. The largest absolute Gasteiger partial charge is 0.503 e. The van der Waals surface area contributed by atoms with Crippen LogP contribution in [-0.4, -0.2) is 30.1 Å². The number of urea groups is 1. The zero-order chi connectivity index (χ0) is 20.6. The van der Waals surface area contributed by atoms with Crippen molar-refractivity contribution in [3.63, 3.8) is 0 Å². The molecule has 0 radical (unpaired) electrons. The molecule has 0 unspecified atom stereocenters. The fourth-order valence-electron chi connectivity index (χ4n) is 2.76. The smallest absolute Gasteiger partial charge is 0.335 e. The van der Waals surface area contributed by atoms with Crippen molar-refractivity contribution in [1.82, 2.24) is 5.32 Å². The van der Waals surface area contributed by atoms with Crippen LogP contribution in [0.1, 0.15) is 16.7 Å². The number of nitrogens with zero attached hydrogens (tertiary/aromatic N) is 1. The summed E-state index contributed by atoms with van der Waals surface area (Å²) in [6.07, 6.45) is 1.28. The molecule has 3 rings (SSSR count). The van der Waals surface area contributed by atoms with E-state index in [1.807, 2.05) is 13.8 Å². The molecule has 0 atom stereocenters. The number of phenolic OH excluding ortho intramolecular Hbond substituents is 1. The summed E-state index contributed by atoms with van der Waals surface area (Å²) in [5, 5.41) is 12.0. The number of phenols is 1. The number of carbonyl (C=O) groups excluding carboxylic acids is 3. The number of nitrogens with one attached hydrogen (secondary N) is 1. The van der Waals surface area contributed by atoms with Crippen LogP contribution in [0, 0.1) is 13.8 Å². The molecule has 2 aromatic rings. The molecule has 8 heteroatoms. The van der Waals surface area contributed by atoms with Crippen molar-refractivity contribution in [3.05, 3.63) is 57.6 Å². The number of halogens is 1. The van der Waals surface area contributed by atoms with Crippen LogP contribution in [0.25, 0.3) is 6.08 Å². The monoisotopic (exact) mass is 400 g/mol. The number of amides is 4. The lowest BCUT2D eigenvalue weighted by atomic mass is 10.0. The average molecular weight is 401 g/mol. The maximum absolute atomic E-state index is 12.9. The predicted octanol–water partition coefficient (Wildman–Crippen LogP) is 3.34. The van der Waals surface area contributed by atoms with E-state index in [2.05, 4.69) is 5.32 Å². The predicted molar refractivity (Wildman–Crippen MR) is 105 cm³/mol. The van der Waals surface area contributed by atoms with E-state index in [1.165, 1.54) is 25.3 Å². The van der Waals surface area contributed by atoms with Crippen molar-refractivity contribution < 1.29 is 24.2 Å². The quantitative estimate of drug-likeness (QED) is 0.608. The van der Waals surface area contributed by atoms with Crippen LogP contribution < -0.4 is 15.0 Å². The highest BCUT2D eigenvalue weighted by Gasteiger charge is 2.37. The summed E-state index contributed by atoms with van der Waals surface area (Å²) in [5.41, 5.74) is 2.36. The first-order valence-electron chi connectivity index (χ1n) is 8.28. The van der Waals surface area contributed by atoms with Gasteiger partial charge in [0.15, 0.2) is 11.5 Å². The third-order valence-electron chi connectivity index (χ3n) is 4.43. The number of barbiturate groups is 1. The SMILES string of the molecule is COc1cc(C=C2C(=O)NC(=O)N(c3ccc(C)c(C)c3)C2=O)cc(Cl)c1O. The van der Waals surface area contributed by atoms with Crippen LogP contribution in [0.15, 0.2) is 35.9 Å². The molecule has 1 aliphatic heterocycles. The van der Waals surface area contributed by atoms with E-state index in [9.17, 15) is 19.5 Å². The number of hydrogen-bond acceptors (Lipinski definition) is 5. The molecule has 1 heterocycles. The zero-order valence-corrected chi connectivity index (χ0v) is 16.1. The molecule has 28 heavy (non-hydrogen) atoms. The number of carbonyl (C=O) groups is 3. The fourth-order valence-corrected chi connectivity index (χ4v) is 2.98. The Morgan fingerprint density at radius 1 is 1.11 bits per heavy atom. The number of methoxy groups -OCH3 is 1. The lowest BCUT2D eigenvalue weighted by Gasteiger charge is -2.26. The van der Waals surface area contributed by atoms with Gasteiger partial charge in [0.25, 0.3) is 11.8 Å². The summed E-state index contributed by atoms with van der Waals surface area (Å²) in [6.45, 7) is 3.77. The Bertz CT molecular complexity index is 1050. The summed E-state index contributed by atoms with van der Waals surface area (Å²) in [6, 6.07) is 7.09. The molecular formula is C20H17ClN2O5. The Balaban J connectivity index is 2.06. The van der Waals surface area contributed by atoms with E-state index >= 15 is 0 Å². The Hall–Kier alpha value is -3.32. The van der Waals surface area contributed by atoms with Gasteiger partial charge in [0.1, 0.15) is 5.57 Å². The molecule has 0 spiro atoms. The highest BCUT2D eigenvalue weighted by molar-refractivity contribution is 6.39. The molecule has 2 aromatic carbocycles. The zero-order valence-electron chi connectivity index (χ0n) is 15.4. The first-order chi connectivity index (χ1) is 13.2. The van der Waals surface area contributed by atoms with Crippen LogP contribution in [0.3, 0.4) is 0 Å². The Labute approximate surface area is 166 Å². The van der Waals surface area contributed by atoms with Gasteiger partial charge in [-0.15, -0.1) is 0 Å². The Morgan fingerprint density at radius 2 is 1.82 bits per heavy atom. The first-order valence-corrected chi connectivity index (χ1v) is 8.66. The van der Waals surface area contributed by atoms with E-state index < -0.39 is 17.8 Å². The highest BCUT2D eigenvalue weighted by atomic mass is 35.5. The number of anilines is 1. The number of benzene rings is 2. The number of aromatic hydroxyl groups is 1. The Morgan fingerprint density at radius 3 is 2.46 bits per heavy atom. The van der Waals surface area contributed by atoms with Gasteiger partial charge in [0.05, 0.1) is 17.8 Å². The molecule has 2 N–H and O–H groups in total. The maximum atomic E-state index is 12.9. The molecule has 1 fully saturated rings. The molecule has 0 aromatic heterocycles. The van der Waals surface area contributed by atoms with Crippen LogP contribution in [0.4, 0.5) is 10.5 Å². The van der Waals surface area contributed by atoms with Crippen LogP contribution >= 0.6 is 11.6 Å². The molecule has 1 aliphatic rings. The van der Waals surface area contributed by atoms with Crippen molar-refractivity contribution in [2.24, 2.45) is 0 Å². The van der Waals surface area contributed by atoms with E-state index in [1.54, 1.807) is 18.2 Å². The molecule has 7 nitrogen and oxygen atoms in total. The average Bonchev–Trinajstić information content (AvgIpc) is 2.64. The van der Waals surface area contributed by atoms with Crippen molar-refractivity contribution in [2.45, 2.75) is 13.8 Å². The summed E-state index contributed by atoms with van der Waals surface area (Å²) < 4.78 is 5.03. The van der Waals surface area contributed by atoms with Crippen molar-refractivity contribution >= 4 is 41.2 Å². The second kappa shape index (κ2) is 7.36. The number of rotatable bonds is 3. The van der Waals surface area contributed by atoms with Crippen LogP contribution in [0.5, 0.6) is 11.5 Å². The Kier molecular flexibility index (Phi) is 5.11. The van der Waals surface area contributed by atoms with Gasteiger partial charge >= 0.3 is 6.03 Å². The number of hydrogen-bond donors (Lipinski definition) is 2.